The Bertz CT molecular complexity index is 324. The van der Waals surface area contributed by atoms with Crippen LogP contribution in [0, 0.1) is 0 Å². The Morgan fingerprint density at radius 2 is 2.00 bits per heavy atom. The lowest BCUT2D eigenvalue weighted by Gasteiger charge is -2.13. The molecular formula is C14H26N2O5. The van der Waals surface area contributed by atoms with Crippen molar-refractivity contribution in [1.29, 1.82) is 0 Å². The minimum atomic E-state index is -0.940. The maximum absolute atomic E-state index is 11.5. The van der Waals surface area contributed by atoms with Gasteiger partial charge >= 0.3 is 12.0 Å². The SMILES string of the molecule is CCCCOCCCNC(=O)NCC1CCC(C(=O)O)O1. The van der Waals surface area contributed by atoms with Gasteiger partial charge in [-0.05, 0) is 25.7 Å². The molecule has 7 heteroatoms. The highest BCUT2D eigenvalue weighted by atomic mass is 16.5. The average Bonchev–Trinajstić information content (AvgIpc) is 2.93. The van der Waals surface area contributed by atoms with Crippen molar-refractivity contribution < 1.29 is 24.2 Å². The van der Waals surface area contributed by atoms with E-state index in [1.807, 2.05) is 0 Å². The van der Waals surface area contributed by atoms with E-state index < -0.39 is 12.1 Å². The first-order chi connectivity index (χ1) is 10.1. The number of aliphatic carboxylic acids is 1. The second kappa shape index (κ2) is 10.4. The first-order valence-electron chi connectivity index (χ1n) is 7.61. The Morgan fingerprint density at radius 3 is 2.67 bits per heavy atom. The Labute approximate surface area is 125 Å². The van der Waals surface area contributed by atoms with E-state index in [2.05, 4.69) is 17.6 Å². The van der Waals surface area contributed by atoms with E-state index in [4.69, 9.17) is 14.6 Å². The zero-order chi connectivity index (χ0) is 15.5. The van der Waals surface area contributed by atoms with E-state index in [9.17, 15) is 9.59 Å². The minimum absolute atomic E-state index is 0.214. The molecule has 2 unspecified atom stereocenters. The van der Waals surface area contributed by atoms with Crippen molar-refractivity contribution in [2.75, 3.05) is 26.3 Å². The fourth-order valence-corrected chi connectivity index (χ4v) is 2.03. The number of hydrogen-bond donors (Lipinski definition) is 3. The van der Waals surface area contributed by atoms with Gasteiger partial charge in [-0.15, -0.1) is 0 Å². The number of unbranched alkanes of at least 4 members (excludes halogenated alkanes) is 1. The standard InChI is InChI=1S/C14H26N2O5/c1-2-3-8-20-9-4-7-15-14(19)16-10-11-5-6-12(21-11)13(17)18/h11-12H,2-10H2,1H3,(H,17,18)(H2,15,16,19). The molecule has 0 bridgehead atoms. The van der Waals surface area contributed by atoms with Crippen LogP contribution < -0.4 is 10.6 Å². The van der Waals surface area contributed by atoms with E-state index in [0.717, 1.165) is 25.9 Å². The first kappa shape index (κ1) is 17.7. The molecule has 2 atom stereocenters. The van der Waals surface area contributed by atoms with Crippen LogP contribution in [-0.2, 0) is 14.3 Å². The number of amides is 2. The molecule has 1 aliphatic heterocycles. The van der Waals surface area contributed by atoms with Crippen LogP contribution in [0.1, 0.15) is 39.0 Å². The van der Waals surface area contributed by atoms with Crippen LogP contribution in [-0.4, -0.2) is 55.6 Å². The van der Waals surface area contributed by atoms with Gasteiger partial charge < -0.3 is 25.2 Å². The zero-order valence-electron chi connectivity index (χ0n) is 12.6. The van der Waals surface area contributed by atoms with Crippen molar-refractivity contribution in [3.8, 4) is 0 Å². The van der Waals surface area contributed by atoms with Crippen LogP contribution in [0.25, 0.3) is 0 Å². The molecule has 0 saturated carbocycles. The highest BCUT2D eigenvalue weighted by Gasteiger charge is 2.30. The number of urea groups is 1. The molecule has 0 aromatic rings. The number of carboxylic acids is 1. The molecule has 0 radical (unpaired) electrons. The molecular weight excluding hydrogens is 276 g/mol. The highest BCUT2D eigenvalue weighted by molar-refractivity contribution is 5.74. The van der Waals surface area contributed by atoms with Gasteiger partial charge in [0.05, 0.1) is 6.10 Å². The average molecular weight is 302 g/mol. The fourth-order valence-electron chi connectivity index (χ4n) is 2.03. The molecule has 7 nitrogen and oxygen atoms in total. The summed E-state index contributed by atoms with van der Waals surface area (Å²) in [6.45, 7) is 4.42. The third-order valence-corrected chi connectivity index (χ3v) is 3.27. The number of nitrogens with one attached hydrogen (secondary N) is 2. The highest BCUT2D eigenvalue weighted by Crippen LogP contribution is 2.18. The Balaban J connectivity index is 1.96. The summed E-state index contributed by atoms with van der Waals surface area (Å²) in [7, 11) is 0. The van der Waals surface area contributed by atoms with Crippen molar-refractivity contribution in [1.82, 2.24) is 10.6 Å². The summed E-state index contributed by atoms with van der Waals surface area (Å²) >= 11 is 0. The molecule has 0 aliphatic carbocycles. The number of carbonyl (C=O) groups excluding carboxylic acids is 1. The van der Waals surface area contributed by atoms with Gasteiger partial charge in [-0.25, -0.2) is 9.59 Å². The smallest absolute Gasteiger partial charge is 0.332 e. The molecule has 21 heavy (non-hydrogen) atoms. The second-order valence-electron chi connectivity index (χ2n) is 5.12. The quantitative estimate of drug-likeness (QED) is 0.526. The topological polar surface area (TPSA) is 96.9 Å². The molecule has 1 aliphatic rings. The zero-order valence-corrected chi connectivity index (χ0v) is 12.6. The van der Waals surface area contributed by atoms with Crippen LogP contribution in [0.15, 0.2) is 0 Å². The lowest BCUT2D eigenvalue weighted by atomic mass is 10.2. The Morgan fingerprint density at radius 1 is 1.24 bits per heavy atom. The maximum Gasteiger partial charge on any atom is 0.332 e. The van der Waals surface area contributed by atoms with Crippen LogP contribution >= 0.6 is 0 Å². The number of carboxylic acid groups (broad SMARTS) is 1. The number of rotatable bonds is 10. The van der Waals surface area contributed by atoms with Gasteiger partial charge in [0.15, 0.2) is 6.10 Å². The first-order valence-corrected chi connectivity index (χ1v) is 7.61. The van der Waals surface area contributed by atoms with E-state index in [1.54, 1.807) is 0 Å². The number of carbonyl (C=O) groups is 2. The van der Waals surface area contributed by atoms with E-state index in [-0.39, 0.29) is 12.1 Å². The number of hydrogen-bond acceptors (Lipinski definition) is 4. The largest absolute Gasteiger partial charge is 0.479 e. The molecule has 1 heterocycles. The summed E-state index contributed by atoms with van der Waals surface area (Å²) in [6.07, 6.45) is 3.16. The van der Waals surface area contributed by atoms with Crippen molar-refractivity contribution in [2.45, 2.75) is 51.2 Å². The molecule has 0 spiro atoms. The summed E-state index contributed by atoms with van der Waals surface area (Å²) in [6, 6.07) is -0.258. The third-order valence-electron chi connectivity index (χ3n) is 3.27. The van der Waals surface area contributed by atoms with Crippen LogP contribution in [0.4, 0.5) is 4.79 Å². The lowest BCUT2D eigenvalue weighted by molar-refractivity contribution is -0.149. The van der Waals surface area contributed by atoms with Gasteiger partial charge in [-0.2, -0.15) is 0 Å². The summed E-state index contributed by atoms with van der Waals surface area (Å²) < 4.78 is 10.7. The number of ether oxygens (including phenoxy) is 2. The van der Waals surface area contributed by atoms with Crippen molar-refractivity contribution in [3.63, 3.8) is 0 Å². The fraction of sp³-hybridized carbons (Fsp3) is 0.857. The summed E-state index contributed by atoms with van der Waals surface area (Å²) in [4.78, 5) is 22.2. The summed E-state index contributed by atoms with van der Waals surface area (Å²) in [5.74, 6) is -0.940. The van der Waals surface area contributed by atoms with E-state index in [1.165, 1.54) is 0 Å². The third kappa shape index (κ3) is 7.87. The van der Waals surface area contributed by atoms with Gasteiger partial charge in [0.2, 0.25) is 0 Å². The molecule has 0 aromatic heterocycles. The molecule has 1 saturated heterocycles. The molecule has 122 valence electrons. The lowest BCUT2D eigenvalue weighted by Crippen LogP contribution is -2.40. The Kier molecular flexibility index (Phi) is 8.77. The molecule has 3 N–H and O–H groups in total. The summed E-state index contributed by atoms with van der Waals surface area (Å²) in [5, 5.41) is 14.2. The van der Waals surface area contributed by atoms with Gasteiger partial charge in [0.1, 0.15) is 0 Å². The molecule has 1 rings (SSSR count). The second-order valence-corrected chi connectivity index (χ2v) is 5.12. The monoisotopic (exact) mass is 302 g/mol. The van der Waals surface area contributed by atoms with Crippen LogP contribution in [0.5, 0.6) is 0 Å². The van der Waals surface area contributed by atoms with E-state index in [0.29, 0.717) is 32.5 Å². The molecule has 1 fully saturated rings. The predicted octanol–water partition coefficient (Wildman–Crippen LogP) is 1.12. The van der Waals surface area contributed by atoms with Gasteiger partial charge in [0, 0.05) is 26.3 Å². The maximum atomic E-state index is 11.5. The normalized spacial score (nSPS) is 21.2. The van der Waals surface area contributed by atoms with Crippen molar-refractivity contribution in [2.24, 2.45) is 0 Å². The van der Waals surface area contributed by atoms with Gasteiger partial charge in [-0.3, -0.25) is 0 Å². The van der Waals surface area contributed by atoms with E-state index >= 15 is 0 Å². The molecule has 2 amide bonds. The van der Waals surface area contributed by atoms with Crippen molar-refractivity contribution >= 4 is 12.0 Å². The van der Waals surface area contributed by atoms with Crippen LogP contribution in [0.3, 0.4) is 0 Å². The van der Waals surface area contributed by atoms with Gasteiger partial charge in [-0.1, -0.05) is 13.3 Å². The van der Waals surface area contributed by atoms with Crippen molar-refractivity contribution in [3.05, 3.63) is 0 Å². The van der Waals surface area contributed by atoms with Crippen LogP contribution in [0.2, 0.25) is 0 Å². The summed E-state index contributed by atoms with van der Waals surface area (Å²) in [5.41, 5.74) is 0. The Hall–Kier alpha value is -1.34. The molecule has 0 aromatic carbocycles. The minimum Gasteiger partial charge on any atom is -0.479 e. The predicted molar refractivity (Wildman–Crippen MR) is 77.3 cm³/mol. The van der Waals surface area contributed by atoms with Gasteiger partial charge in [0.25, 0.3) is 0 Å².